The number of aromatic nitrogens is 2. The number of alkyl halides is 1. The number of aliphatic hydroxyl groups is 2. The van der Waals surface area contributed by atoms with E-state index in [9.17, 15) is 15.0 Å². The Morgan fingerprint density at radius 2 is 1.90 bits per heavy atom. The maximum absolute atomic E-state index is 12.5. The molecule has 0 amide bonds. The van der Waals surface area contributed by atoms with Crippen molar-refractivity contribution < 1.29 is 19.4 Å². The van der Waals surface area contributed by atoms with Crippen LogP contribution < -0.4 is 11.4 Å². The second-order valence-electron chi connectivity index (χ2n) is 9.91. The molecule has 1 fully saturated rings. The maximum atomic E-state index is 12.5. The first-order valence-corrected chi connectivity index (χ1v) is 14.3. The van der Waals surface area contributed by atoms with Crippen LogP contribution in [0.3, 0.4) is 0 Å². The molecule has 2 heterocycles. The number of rotatable bonds is 7. The number of nitrogen functional groups attached to an aromatic ring is 1. The van der Waals surface area contributed by atoms with Crippen LogP contribution in [0, 0.1) is 0 Å². The first kappa shape index (κ1) is 25.7. The summed E-state index contributed by atoms with van der Waals surface area (Å²) in [5.74, 6) is 0.102. The fourth-order valence-corrected chi connectivity index (χ4v) is 4.36. The molecular weight excluding hydrogens is 517 g/mol. The summed E-state index contributed by atoms with van der Waals surface area (Å²) in [6.45, 7) is 15.0. The van der Waals surface area contributed by atoms with Crippen molar-refractivity contribution in [1.82, 2.24) is 9.55 Å². The molecule has 0 aromatic carbocycles. The van der Waals surface area contributed by atoms with E-state index in [1.165, 1.54) is 10.8 Å². The number of aliphatic hydroxyl groups excluding tert-OH is 2. The van der Waals surface area contributed by atoms with Crippen molar-refractivity contribution in [2.45, 2.75) is 100 Å². The fraction of sp³-hybridized carbons (Fsp3) is 0.800. The minimum Gasteiger partial charge on any atom is -0.412 e. The summed E-state index contributed by atoms with van der Waals surface area (Å²) in [6.07, 6.45) is -0.965. The Labute approximate surface area is 193 Å². The lowest BCUT2D eigenvalue weighted by molar-refractivity contribution is -0.0436. The van der Waals surface area contributed by atoms with Crippen LogP contribution in [-0.4, -0.2) is 49.8 Å². The molecule has 0 aliphatic carbocycles. The van der Waals surface area contributed by atoms with E-state index in [1.807, 2.05) is 0 Å². The molecule has 0 spiro atoms. The van der Waals surface area contributed by atoms with Crippen LogP contribution >= 0.6 is 22.6 Å². The number of nitrogens with zero attached hydrogens (tertiary/aromatic N) is 2. The van der Waals surface area contributed by atoms with E-state index in [1.54, 1.807) is 0 Å². The largest absolute Gasteiger partial charge is 0.412 e. The van der Waals surface area contributed by atoms with Crippen molar-refractivity contribution in [1.29, 1.82) is 0 Å². The summed E-state index contributed by atoms with van der Waals surface area (Å²) in [7, 11) is -2.03. The minimum atomic E-state index is -2.03. The third-order valence-corrected chi connectivity index (χ3v) is 12.1. The zero-order valence-corrected chi connectivity index (χ0v) is 22.1. The molecule has 1 aromatic rings. The molecule has 1 aliphatic heterocycles. The number of nitrogens with two attached hydrogens (primary N) is 1. The molecule has 8 nitrogen and oxygen atoms in total. The first-order chi connectivity index (χ1) is 13.6. The Bertz CT molecular complexity index is 809. The smallest absolute Gasteiger partial charge is 0.351 e. The highest BCUT2D eigenvalue weighted by Gasteiger charge is 2.46. The van der Waals surface area contributed by atoms with Gasteiger partial charge in [0.05, 0.1) is 12.7 Å². The number of hydrogen-bond acceptors (Lipinski definition) is 7. The van der Waals surface area contributed by atoms with Gasteiger partial charge in [-0.3, -0.25) is 4.57 Å². The van der Waals surface area contributed by atoms with Gasteiger partial charge in [-0.2, -0.15) is 4.98 Å². The Morgan fingerprint density at radius 1 is 1.30 bits per heavy atom. The molecule has 0 saturated carbocycles. The highest BCUT2D eigenvalue weighted by molar-refractivity contribution is 14.1. The average Bonchev–Trinajstić information content (AvgIpc) is 2.88. The van der Waals surface area contributed by atoms with E-state index in [0.717, 1.165) is 6.42 Å². The second kappa shape index (κ2) is 9.14. The molecule has 1 saturated heterocycles. The van der Waals surface area contributed by atoms with Gasteiger partial charge in [-0.05, 0) is 31.0 Å². The van der Waals surface area contributed by atoms with Crippen LogP contribution in [-0.2, 0) is 15.8 Å². The quantitative estimate of drug-likeness (QED) is 0.270. The van der Waals surface area contributed by atoms with E-state index in [2.05, 4.69) is 75.3 Å². The van der Waals surface area contributed by atoms with Gasteiger partial charge in [-0.15, -0.1) is 0 Å². The van der Waals surface area contributed by atoms with Crippen LogP contribution in [0.1, 0.15) is 59.3 Å². The molecule has 172 valence electrons. The van der Waals surface area contributed by atoms with Gasteiger partial charge in [0.15, 0.2) is 14.5 Å². The van der Waals surface area contributed by atoms with E-state index in [0.29, 0.717) is 12.0 Å². The predicted octanol–water partition coefficient (Wildman–Crippen LogP) is 2.96. The topological polar surface area (TPSA) is 120 Å². The zero-order valence-electron chi connectivity index (χ0n) is 19.0. The molecule has 30 heavy (non-hydrogen) atoms. The van der Waals surface area contributed by atoms with Crippen LogP contribution in [0.5, 0.6) is 0 Å². The maximum Gasteiger partial charge on any atom is 0.351 e. The zero-order chi connectivity index (χ0) is 23.1. The molecule has 1 aromatic heterocycles. The Morgan fingerprint density at radius 3 is 2.43 bits per heavy atom. The van der Waals surface area contributed by atoms with Crippen molar-refractivity contribution in [3.8, 4) is 0 Å². The molecule has 0 bridgehead atoms. The summed E-state index contributed by atoms with van der Waals surface area (Å²) in [6, 6.07) is 0. The SMILES string of the molecule is CCC(C)(I)C[C@H]1OC(n2cc(CO[Si](C)(C)C(C)(C)C)c(N)nc2=O)[C@H](O)[C@@H]1O. The van der Waals surface area contributed by atoms with Gasteiger partial charge >= 0.3 is 5.69 Å². The third-order valence-electron chi connectivity index (χ3n) is 6.43. The molecule has 2 rings (SSSR count). The standard InChI is InChI=1S/C20H36IN3O5Si/c1-8-20(5,21)9-13-14(25)15(26)17(29-13)24-10-12(16(22)23-18(24)27)11-28-30(6,7)19(2,3)4/h10,13-15,17,25-26H,8-9,11H2,1-7H3,(H2,22,23,27)/t13-,14-,15-,17?,20?/m1/s1. The van der Waals surface area contributed by atoms with Gasteiger partial charge in [0.1, 0.15) is 18.0 Å². The summed E-state index contributed by atoms with van der Waals surface area (Å²) >= 11 is 2.33. The van der Waals surface area contributed by atoms with Gasteiger partial charge < -0.3 is 25.1 Å². The molecule has 2 unspecified atom stereocenters. The summed E-state index contributed by atoms with van der Waals surface area (Å²) in [5.41, 5.74) is 5.90. The van der Waals surface area contributed by atoms with Crippen molar-refractivity contribution in [2.24, 2.45) is 0 Å². The summed E-state index contributed by atoms with van der Waals surface area (Å²) < 4.78 is 13.3. The van der Waals surface area contributed by atoms with Crippen LogP contribution in [0.2, 0.25) is 18.1 Å². The lowest BCUT2D eigenvalue weighted by Gasteiger charge is -2.36. The molecule has 10 heteroatoms. The highest BCUT2D eigenvalue weighted by Crippen LogP contribution is 2.38. The van der Waals surface area contributed by atoms with Gasteiger partial charge in [-0.25, -0.2) is 4.79 Å². The van der Waals surface area contributed by atoms with Crippen LogP contribution in [0.25, 0.3) is 0 Å². The van der Waals surface area contributed by atoms with Crippen LogP contribution in [0.4, 0.5) is 5.82 Å². The third kappa shape index (κ3) is 5.63. The average molecular weight is 554 g/mol. The van der Waals surface area contributed by atoms with Gasteiger partial charge in [0.25, 0.3) is 0 Å². The number of halogens is 1. The van der Waals surface area contributed by atoms with E-state index >= 15 is 0 Å². The van der Waals surface area contributed by atoms with E-state index in [-0.39, 0.29) is 20.9 Å². The molecule has 1 aliphatic rings. The fourth-order valence-electron chi connectivity index (χ4n) is 2.98. The molecule has 4 N–H and O–H groups in total. The van der Waals surface area contributed by atoms with Crippen LogP contribution in [0.15, 0.2) is 11.0 Å². The second-order valence-corrected chi connectivity index (χ2v) is 17.3. The monoisotopic (exact) mass is 553 g/mol. The molecule has 5 atom stereocenters. The highest BCUT2D eigenvalue weighted by atomic mass is 127. The Balaban J connectivity index is 2.28. The number of ether oxygens (including phenoxy) is 1. The Kier molecular flexibility index (Phi) is 7.84. The minimum absolute atomic E-state index is 0.0249. The van der Waals surface area contributed by atoms with Gasteiger partial charge in [0.2, 0.25) is 0 Å². The predicted molar refractivity (Wildman–Crippen MR) is 128 cm³/mol. The van der Waals surface area contributed by atoms with E-state index < -0.39 is 38.5 Å². The summed E-state index contributed by atoms with van der Waals surface area (Å²) in [4.78, 5) is 16.4. The normalized spacial score (nSPS) is 27.3. The lowest BCUT2D eigenvalue weighted by Crippen LogP contribution is -2.41. The van der Waals surface area contributed by atoms with E-state index in [4.69, 9.17) is 14.9 Å². The Hall–Kier alpha value is -0.533. The van der Waals surface area contributed by atoms with Crippen molar-refractivity contribution in [3.05, 3.63) is 22.2 Å². The first-order valence-electron chi connectivity index (χ1n) is 10.3. The number of anilines is 1. The number of hydrogen-bond donors (Lipinski definition) is 3. The van der Waals surface area contributed by atoms with Crippen molar-refractivity contribution in [3.63, 3.8) is 0 Å². The molecular formula is C20H36IN3O5Si. The van der Waals surface area contributed by atoms with Crippen molar-refractivity contribution in [2.75, 3.05) is 5.73 Å². The van der Waals surface area contributed by atoms with Crippen molar-refractivity contribution >= 4 is 36.7 Å². The lowest BCUT2D eigenvalue weighted by atomic mass is 9.97. The van der Waals surface area contributed by atoms with Gasteiger partial charge in [0, 0.05) is 15.2 Å². The molecule has 0 radical (unpaired) electrons. The van der Waals surface area contributed by atoms with Gasteiger partial charge in [-0.1, -0.05) is 57.2 Å². The summed E-state index contributed by atoms with van der Waals surface area (Å²) in [5, 5.41) is 21.1.